The van der Waals surface area contributed by atoms with Crippen LogP contribution in [0.3, 0.4) is 0 Å². The highest BCUT2D eigenvalue weighted by atomic mass is 16.2. The van der Waals surface area contributed by atoms with E-state index < -0.39 is 0 Å². The monoisotopic (exact) mass is 323 g/mol. The minimum absolute atomic E-state index is 0.0166. The van der Waals surface area contributed by atoms with Crippen molar-refractivity contribution < 1.29 is 9.59 Å². The van der Waals surface area contributed by atoms with Gasteiger partial charge in [-0.2, -0.15) is 0 Å². The van der Waals surface area contributed by atoms with Gasteiger partial charge in [0.15, 0.2) is 0 Å². The molecule has 1 N–H and O–H groups in total. The lowest BCUT2D eigenvalue weighted by molar-refractivity contribution is -0.122. The topological polar surface area (TPSA) is 62.3 Å². The zero-order valence-electron chi connectivity index (χ0n) is 13.9. The molecule has 1 aromatic heterocycles. The van der Waals surface area contributed by atoms with E-state index in [0.717, 1.165) is 5.69 Å². The first-order valence-electron chi connectivity index (χ1n) is 8.17. The van der Waals surface area contributed by atoms with Crippen LogP contribution in [0.5, 0.6) is 0 Å². The van der Waals surface area contributed by atoms with E-state index >= 15 is 0 Å². The molecule has 24 heavy (non-hydrogen) atoms. The van der Waals surface area contributed by atoms with Crippen LogP contribution in [0.1, 0.15) is 31.7 Å². The van der Waals surface area contributed by atoms with Crippen molar-refractivity contribution in [2.45, 2.75) is 26.2 Å². The third kappa shape index (κ3) is 3.45. The van der Waals surface area contributed by atoms with Gasteiger partial charge in [0.25, 0.3) is 0 Å². The number of rotatable bonds is 4. The Labute approximate surface area is 141 Å². The van der Waals surface area contributed by atoms with Crippen LogP contribution >= 0.6 is 0 Å². The van der Waals surface area contributed by atoms with Gasteiger partial charge in [-0.05, 0) is 35.7 Å². The lowest BCUT2D eigenvalue weighted by Crippen LogP contribution is -2.28. The van der Waals surface area contributed by atoms with Crippen LogP contribution < -0.4 is 10.2 Å². The average molecular weight is 323 g/mol. The first-order valence-corrected chi connectivity index (χ1v) is 8.17. The van der Waals surface area contributed by atoms with Crippen molar-refractivity contribution in [2.75, 3.05) is 16.8 Å². The second-order valence-electron chi connectivity index (χ2n) is 6.36. The lowest BCUT2D eigenvalue weighted by Gasteiger charge is -2.18. The minimum atomic E-state index is -0.359. The van der Waals surface area contributed by atoms with Crippen LogP contribution in [0.25, 0.3) is 0 Å². The molecular weight excluding hydrogens is 302 g/mol. The summed E-state index contributed by atoms with van der Waals surface area (Å²) in [6.45, 7) is 4.64. The lowest BCUT2D eigenvalue weighted by atomic mass is 10.0. The summed E-state index contributed by atoms with van der Waals surface area (Å²) in [4.78, 5) is 30.5. The fourth-order valence-electron chi connectivity index (χ4n) is 2.85. The summed E-state index contributed by atoms with van der Waals surface area (Å²) < 4.78 is 0. The quantitative estimate of drug-likeness (QED) is 0.940. The summed E-state index contributed by atoms with van der Waals surface area (Å²) in [7, 11) is 0. The van der Waals surface area contributed by atoms with E-state index in [1.807, 2.05) is 24.3 Å². The Morgan fingerprint density at radius 2 is 2.08 bits per heavy atom. The third-order valence-corrected chi connectivity index (χ3v) is 4.26. The van der Waals surface area contributed by atoms with Crippen LogP contribution in [0.2, 0.25) is 0 Å². The molecule has 3 rings (SSSR count). The first kappa shape index (κ1) is 16.2. The second kappa shape index (κ2) is 6.83. The SMILES string of the molecule is CC(C)c1cccc(N2CC(C(=O)Nc3ccccn3)CC2=O)c1. The smallest absolute Gasteiger partial charge is 0.230 e. The van der Waals surface area contributed by atoms with E-state index in [1.165, 1.54) is 5.56 Å². The normalized spacial score (nSPS) is 17.4. The number of carbonyl (C=O) groups is 2. The largest absolute Gasteiger partial charge is 0.312 e. The van der Waals surface area contributed by atoms with Gasteiger partial charge < -0.3 is 10.2 Å². The number of anilines is 2. The van der Waals surface area contributed by atoms with Crippen LogP contribution in [-0.4, -0.2) is 23.3 Å². The predicted octanol–water partition coefficient (Wildman–Crippen LogP) is 3.20. The maximum absolute atomic E-state index is 12.4. The van der Waals surface area contributed by atoms with Gasteiger partial charge in [-0.3, -0.25) is 9.59 Å². The summed E-state index contributed by atoms with van der Waals surface area (Å²) in [5.74, 6) is 0.366. The van der Waals surface area contributed by atoms with Crippen molar-refractivity contribution in [3.63, 3.8) is 0 Å². The summed E-state index contributed by atoms with van der Waals surface area (Å²) >= 11 is 0. The summed E-state index contributed by atoms with van der Waals surface area (Å²) in [5.41, 5.74) is 2.04. The Kier molecular flexibility index (Phi) is 4.60. The Morgan fingerprint density at radius 1 is 1.25 bits per heavy atom. The molecule has 5 heteroatoms. The van der Waals surface area contributed by atoms with Gasteiger partial charge >= 0.3 is 0 Å². The molecule has 1 fully saturated rings. The van der Waals surface area contributed by atoms with Gasteiger partial charge in [0.05, 0.1) is 5.92 Å². The van der Waals surface area contributed by atoms with E-state index in [4.69, 9.17) is 0 Å². The minimum Gasteiger partial charge on any atom is -0.312 e. The van der Waals surface area contributed by atoms with Gasteiger partial charge in [-0.25, -0.2) is 4.98 Å². The van der Waals surface area contributed by atoms with Gasteiger partial charge in [-0.15, -0.1) is 0 Å². The molecule has 0 radical (unpaired) electrons. The molecule has 124 valence electrons. The Bertz CT molecular complexity index is 743. The molecule has 0 bridgehead atoms. The van der Waals surface area contributed by atoms with Crippen molar-refractivity contribution in [1.82, 2.24) is 4.98 Å². The molecule has 0 spiro atoms. The van der Waals surface area contributed by atoms with Crippen molar-refractivity contribution in [3.05, 3.63) is 54.2 Å². The summed E-state index contributed by atoms with van der Waals surface area (Å²) in [5, 5.41) is 2.78. The number of pyridine rings is 1. The van der Waals surface area contributed by atoms with Crippen molar-refractivity contribution >= 4 is 23.3 Å². The standard InChI is InChI=1S/C19H21N3O2/c1-13(2)14-6-5-7-16(10-14)22-12-15(11-18(22)23)19(24)21-17-8-3-4-9-20-17/h3-10,13,15H,11-12H2,1-2H3,(H,20,21,24). The number of benzene rings is 1. The Morgan fingerprint density at radius 3 is 2.79 bits per heavy atom. The predicted molar refractivity (Wildman–Crippen MR) is 93.9 cm³/mol. The van der Waals surface area contributed by atoms with Crippen LogP contribution in [0, 0.1) is 5.92 Å². The number of carbonyl (C=O) groups excluding carboxylic acids is 2. The Hall–Kier alpha value is -2.69. The molecule has 1 unspecified atom stereocenters. The molecule has 0 saturated carbocycles. The fourth-order valence-corrected chi connectivity index (χ4v) is 2.85. The highest BCUT2D eigenvalue weighted by molar-refractivity contribution is 6.03. The molecule has 1 aliphatic heterocycles. The van der Waals surface area contributed by atoms with Gasteiger partial charge in [0, 0.05) is 24.8 Å². The van der Waals surface area contributed by atoms with E-state index in [-0.39, 0.29) is 24.2 Å². The molecule has 5 nitrogen and oxygen atoms in total. The molecule has 0 aliphatic carbocycles. The van der Waals surface area contributed by atoms with Gasteiger partial charge in [0.2, 0.25) is 11.8 Å². The molecule has 2 aromatic rings. The number of nitrogens with zero attached hydrogens (tertiary/aromatic N) is 2. The highest BCUT2D eigenvalue weighted by Crippen LogP contribution is 2.28. The number of aromatic nitrogens is 1. The maximum atomic E-state index is 12.4. The molecule has 1 atom stereocenters. The van der Waals surface area contributed by atoms with Crippen molar-refractivity contribution in [1.29, 1.82) is 0 Å². The van der Waals surface area contributed by atoms with E-state index in [9.17, 15) is 9.59 Å². The highest BCUT2D eigenvalue weighted by Gasteiger charge is 2.35. The zero-order chi connectivity index (χ0) is 17.1. The Balaban J connectivity index is 1.71. The van der Waals surface area contributed by atoms with Gasteiger partial charge in [-0.1, -0.05) is 32.0 Å². The van der Waals surface area contributed by atoms with Crippen molar-refractivity contribution in [3.8, 4) is 0 Å². The second-order valence-corrected chi connectivity index (χ2v) is 6.36. The number of hydrogen-bond donors (Lipinski definition) is 1. The first-order chi connectivity index (χ1) is 11.5. The zero-order valence-corrected chi connectivity index (χ0v) is 13.9. The summed E-state index contributed by atoms with van der Waals surface area (Å²) in [6, 6.07) is 13.3. The van der Waals surface area contributed by atoms with Gasteiger partial charge in [0.1, 0.15) is 5.82 Å². The summed E-state index contributed by atoms with van der Waals surface area (Å²) in [6.07, 6.45) is 1.85. The molecule has 1 saturated heterocycles. The van der Waals surface area contributed by atoms with E-state index in [0.29, 0.717) is 18.3 Å². The van der Waals surface area contributed by atoms with Crippen molar-refractivity contribution in [2.24, 2.45) is 5.92 Å². The number of hydrogen-bond acceptors (Lipinski definition) is 3. The average Bonchev–Trinajstić information content (AvgIpc) is 2.98. The third-order valence-electron chi connectivity index (χ3n) is 4.26. The molecule has 1 aliphatic rings. The molecular formula is C19H21N3O2. The van der Waals surface area contributed by atoms with Crippen LogP contribution in [0.4, 0.5) is 11.5 Å². The fraction of sp³-hybridized carbons (Fsp3) is 0.316. The van der Waals surface area contributed by atoms with Crippen LogP contribution in [0.15, 0.2) is 48.7 Å². The molecule has 2 amide bonds. The van der Waals surface area contributed by atoms with E-state index in [1.54, 1.807) is 23.2 Å². The maximum Gasteiger partial charge on any atom is 0.230 e. The number of amides is 2. The molecule has 1 aromatic carbocycles. The number of nitrogens with one attached hydrogen (secondary N) is 1. The van der Waals surface area contributed by atoms with Crippen LogP contribution in [-0.2, 0) is 9.59 Å². The van der Waals surface area contributed by atoms with E-state index in [2.05, 4.69) is 30.2 Å². The molecule has 2 heterocycles.